The van der Waals surface area contributed by atoms with Crippen LogP contribution in [0, 0.1) is 0 Å². The summed E-state index contributed by atoms with van der Waals surface area (Å²) in [6.45, 7) is 4.40. The van der Waals surface area contributed by atoms with Crippen LogP contribution in [-0.2, 0) is 23.1 Å². The highest BCUT2D eigenvalue weighted by molar-refractivity contribution is 5.90. The van der Waals surface area contributed by atoms with Crippen LogP contribution in [0.2, 0.25) is 0 Å². The van der Waals surface area contributed by atoms with E-state index in [-0.39, 0.29) is 12.6 Å². The van der Waals surface area contributed by atoms with E-state index in [9.17, 15) is 4.79 Å². The summed E-state index contributed by atoms with van der Waals surface area (Å²) in [5.41, 5.74) is 1.24. The van der Waals surface area contributed by atoms with E-state index >= 15 is 0 Å². The Morgan fingerprint density at radius 3 is 2.85 bits per heavy atom. The van der Waals surface area contributed by atoms with E-state index in [0.29, 0.717) is 38.4 Å². The molecule has 1 heterocycles. The van der Waals surface area contributed by atoms with Crippen LogP contribution in [0.4, 0.5) is 0 Å². The number of methoxy groups -OCH3 is 1. The van der Waals surface area contributed by atoms with Crippen LogP contribution in [0.5, 0.6) is 0 Å². The Bertz CT molecular complexity index is 420. The zero-order chi connectivity index (χ0) is 15.0. The second-order valence-electron chi connectivity index (χ2n) is 4.34. The predicted molar refractivity (Wildman–Crippen MR) is 73.4 cm³/mol. The molecule has 0 aliphatic rings. The van der Waals surface area contributed by atoms with Crippen molar-refractivity contribution in [1.82, 2.24) is 14.7 Å². The van der Waals surface area contributed by atoms with Crippen LogP contribution in [0.3, 0.4) is 0 Å². The predicted octanol–water partition coefficient (Wildman–Crippen LogP) is 0.0375. The molecule has 0 radical (unpaired) electrons. The molecule has 0 aromatic carbocycles. The first-order chi connectivity index (χ1) is 9.63. The quantitative estimate of drug-likeness (QED) is 0.645. The molecule has 1 N–H and O–H groups in total. The Morgan fingerprint density at radius 2 is 2.25 bits per heavy atom. The molecule has 0 spiro atoms. The van der Waals surface area contributed by atoms with Gasteiger partial charge in [-0.1, -0.05) is 0 Å². The molecule has 0 saturated heterocycles. The lowest BCUT2D eigenvalue weighted by molar-refractivity contribution is 0.0523. The van der Waals surface area contributed by atoms with E-state index in [1.165, 1.54) is 6.20 Å². The number of esters is 1. The molecule has 1 rings (SSSR count). The van der Waals surface area contributed by atoms with Crippen LogP contribution in [-0.4, -0.2) is 65.8 Å². The third-order valence-electron chi connectivity index (χ3n) is 2.96. The highest BCUT2D eigenvalue weighted by atomic mass is 16.5. The van der Waals surface area contributed by atoms with Gasteiger partial charge < -0.3 is 14.6 Å². The smallest absolute Gasteiger partial charge is 0.341 e. The molecule has 0 saturated carbocycles. The molecule has 114 valence electrons. The Hall–Kier alpha value is -1.44. The van der Waals surface area contributed by atoms with Crippen molar-refractivity contribution in [3.8, 4) is 0 Å². The van der Waals surface area contributed by atoms with Gasteiger partial charge in [0.05, 0.1) is 31.7 Å². The van der Waals surface area contributed by atoms with Crippen LogP contribution >= 0.6 is 0 Å². The van der Waals surface area contributed by atoms with Crippen molar-refractivity contribution in [3.63, 3.8) is 0 Å². The Kier molecular flexibility index (Phi) is 7.21. The number of aliphatic hydroxyl groups is 1. The van der Waals surface area contributed by atoms with Gasteiger partial charge >= 0.3 is 5.97 Å². The molecule has 1 aromatic rings. The first-order valence-electron chi connectivity index (χ1n) is 6.64. The molecule has 0 fully saturated rings. The van der Waals surface area contributed by atoms with Crippen molar-refractivity contribution < 1.29 is 19.4 Å². The Morgan fingerprint density at radius 1 is 1.50 bits per heavy atom. The number of aromatic nitrogens is 2. The third-order valence-corrected chi connectivity index (χ3v) is 2.96. The summed E-state index contributed by atoms with van der Waals surface area (Å²) in [5, 5.41) is 13.2. The van der Waals surface area contributed by atoms with Gasteiger partial charge in [-0.15, -0.1) is 0 Å². The van der Waals surface area contributed by atoms with Crippen molar-refractivity contribution in [2.75, 3.05) is 40.0 Å². The van der Waals surface area contributed by atoms with Crippen molar-refractivity contribution in [2.45, 2.75) is 13.5 Å². The molecule has 20 heavy (non-hydrogen) atoms. The zero-order valence-electron chi connectivity index (χ0n) is 12.3. The van der Waals surface area contributed by atoms with Gasteiger partial charge in [0.1, 0.15) is 5.56 Å². The summed E-state index contributed by atoms with van der Waals surface area (Å²) in [7, 11) is 3.41. The van der Waals surface area contributed by atoms with E-state index < -0.39 is 0 Å². The highest BCUT2D eigenvalue weighted by Crippen LogP contribution is 2.12. The molecule has 0 aliphatic carbocycles. The zero-order valence-corrected chi connectivity index (χ0v) is 12.3. The van der Waals surface area contributed by atoms with Crippen molar-refractivity contribution in [2.24, 2.45) is 7.05 Å². The highest BCUT2D eigenvalue weighted by Gasteiger charge is 2.19. The number of ether oxygens (including phenoxy) is 2. The minimum absolute atomic E-state index is 0.0519. The van der Waals surface area contributed by atoms with Crippen LogP contribution < -0.4 is 0 Å². The largest absolute Gasteiger partial charge is 0.462 e. The summed E-state index contributed by atoms with van der Waals surface area (Å²) in [6.07, 6.45) is 1.51. The number of aryl methyl sites for hydroxylation is 1. The first-order valence-corrected chi connectivity index (χ1v) is 6.64. The number of carbonyl (C=O) groups excluding carboxylic acids is 1. The molecule has 0 atom stereocenters. The van der Waals surface area contributed by atoms with Crippen LogP contribution in [0.15, 0.2) is 6.20 Å². The summed E-state index contributed by atoms with van der Waals surface area (Å²) in [4.78, 5) is 13.9. The van der Waals surface area contributed by atoms with E-state index in [1.54, 1.807) is 25.8 Å². The normalized spacial score (nSPS) is 11.1. The number of nitrogens with zero attached hydrogens (tertiary/aromatic N) is 3. The monoisotopic (exact) mass is 285 g/mol. The summed E-state index contributed by atoms with van der Waals surface area (Å²) < 4.78 is 11.7. The van der Waals surface area contributed by atoms with Gasteiger partial charge in [0.2, 0.25) is 0 Å². The molecular weight excluding hydrogens is 262 g/mol. The number of hydrogen-bond acceptors (Lipinski definition) is 6. The van der Waals surface area contributed by atoms with Gasteiger partial charge in [-0.25, -0.2) is 4.79 Å². The van der Waals surface area contributed by atoms with Gasteiger partial charge in [0.25, 0.3) is 0 Å². The van der Waals surface area contributed by atoms with Crippen molar-refractivity contribution in [1.29, 1.82) is 0 Å². The summed E-state index contributed by atoms with van der Waals surface area (Å²) >= 11 is 0. The molecule has 7 heteroatoms. The van der Waals surface area contributed by atoms with Gasteiger partial charge in [0, 0.05) is 33.8 Å². The number of carbonyl (C=O) groups is 1. The minimum Gasteiger partial charge on any atom is -0.462 e. The molecule has 0 aliphatic heterocycles. The molecule has 0 amide bonds. The Labute approximate surface area is 119 Å². The fraction of sp³-hybridized carbons (Fsp3) is 0.692. The van der Waals surface area contributed by atoms with E-state index in [1.807, 2.05) is 4.90 Å². The maximum atomic E-state index is 11.9. The minimum atomic E-state index is -0.369. The fourth-order valence-corrected chi connectivity index (χ4v) is 1.87. The lowest BCUT2D eigenvalue weighted by Crippen LogP contribution is -2.31. The number of rotatable bonds is 9. The third kappa shape index (κ3) is 4.59. The van der Waals surface area contributed by atoms with E-state index in [0.717, 1.165) is 5.69 Å². The fourth-order valence-electron chi connectivity index (χ4n) is 1.87. The average molecular weight is 285 g/mol. The van der Waals surface area contributed by atoms with Gasteiger partial charge in [-0.3, -0.25) is 9.58 Å². The van der Waals surface area contributed by atoms with Crippen molar-refractivity contribution >= 4 is 5.97 Å². The maximum Gasteiger partial charge on any atom is 0.341 e. The molecule has 0 unspecified atom stereocenters. The van der Waals surface area contributed by atoms with Crippen molar-refractivity contribution in [3.05, 3.63) is 17.5 Å². The second kappa shape index (κ2) is 8.68. The summed E-state index contributed by atoms with van der Waals surface area (Å²) in [5.74, 6) is -0.369. The number of aliphatic hydroxyl groups excluding tert-OH is 1. The van der Waals surface area contributed by atoms with Crippen LogP contribution in [0.25, 0.3) is 0 Å². The van der Waals surface area contributed by atoms with Gasteiger partial charge in [-0.05, 0) is 6.92 Å². The molecular formula is C13H23N3O4. The van der Waals surface area contributed by atoms with Crippen LogP contribution in [0.1, 0.15) is 23.0 Å². The number of hydrogen-bond donors (Lipinski definition) is 1. The lowest BCUT2D eigenvalue weighted by atomic mass is 10.2. The standard InChI is InChI=1S/C13H23N3O4/c1-4-20-13(18)11-9-14-15(2)12(11)10-16(5-7-17)6-8-19-3/h9,17H,4-8,10H2,1-3H3. The summed E-state index contributed by atoms with van der Waals surface area (Å²) in [6, 6.07) is 0. The SMILES string of the molecule is CCOC(=O)c1cnn(C)c1CN(CCO)CCOC. The molecule has 7 nitrogen and oxygen atoms in total. The van der Waals surface area contributed by atoms with E-state index in [4.69, 9.17) is 14.6 Å². The molecule has 0 bridgehead atoms. The lowest BCUT2D eigenvalue weighted by Gasteiger charge is -2.21. The van der Waals surface area contributed by atoms with Gasteiger partial charge in [0.15, 0.2) is 0 Å². The second-order valence-corrected chi connectivity index (χ2v) is 4.34. The first kappa shape index (κ1) is 16.6. The molecule has 1 aromatic heterocycles. The Balaban J connectivity index is 2.82. The maximum absolute atomic E-state index is 11.9. The van der Waals surface area contributed by atoms with Gasteiger partial charge in [-0.2, -0.15) is 5.10 Å². The van der Waals surface area contributed by atoms with E-state index in [2.05, 4.69) is 5.10 Å². The average Bonchev–Trinajstić information content (AvgIpc) is 2.78. The topological polar surface area (TPSA) is 76.8 Å².